The van der Waals surface area contributed by atoms with Crippen molar-refractivity contribution in [1.82, 2.24) is 4.98 Å². The molecule has 0 spiro atoms. The molecule has 1 N–H and O–H groups in total. The molecule has 0 fully saturated rings. The van der Waals surface area contributed by atoms with Crippen LogP contribution in [0.2, 0.25) is 0 Å². The Hall–Kier alpha value is -2.83. The average Bonchev–Trinajstić information content (AvgIpc) is 3.18. The van der Waals surface area contributed by atoms with Gasteiger partial charge < -0.3 is 5.32 Å². The molecule has 28 heavy (non-hydrogen) atoms. The summed E-state index contributed by atoms with van der Waals surface area (Å²) in [5.74, 6) is 0.205. The van der Waals surface area contributed by atoms with E-state index in [1.807, 2.05) is 55.5 Å². The number of anilines is 1. The number of carbonyl (C=O) groups is 1. The van der Waals surface area contributed by atoms with E-state index in [0.29, 0.717) is 21.9 Å². The van der Waals surface area contributed by atoms with Crippen molar-refractivity contribution in [1.29, 1.82) is 0 Å². The molecule has 4 nitrogen and oxygen atoms in total. The van der Waals surface area contributed by atoms with Crippen molar-refractivity contribution in [3.05, 3.63) is 78.4 Å². The van der Waals surface area contributed by atoms with Crippen LogP contribution in [-0.4, -0.2) is 20.9 Å². The highest BCUT2D eigenvalue weighted by atomic mass is 32.2. The van der Waals surface area contributed by atoms with E-state index in [1.54, 1.807) is 35.6 Å². The lowest BCUT2D eigenvalue weighted by Gasteiger charge is -2.10. The molecule has 4 rings (SSSR count). The molecule has 0 saturated carbocycles. The minimum Gasteiger partial charge on any atom is -0.322 e. The Morgan fingerprint density at radius 2 is 1.82 bits per heavy atom. The van der Waals surface area contributed by atoms with E-state index in [9.17, 15) is 9.00 Å². The van der Waals surface area contributed by atoms with Gasteiger partial charge in [0.1, 0.15) is 5.01 Å². The van der Waals surface area contributed by atoms with Crippen molar-refractivity contribution in [2.75, 3.05) is 11.1 Å². The first-order valence-electron chi connectivity index (χ1n) is 8.90. The summed E-state index contributed by atoms with van der Waals surface area (Å²) >= 11 is 1.62. The number of benzene rings is 3. The van der Waals surface area contributed by atoms with Gasteiger partial charge in [0.25, 0.3) is 5.91 Å². The van der Waals surface area contributed by atoms with E-state index in [0.717, 1.165) is 20.8 Å². The molecular formula is C22H18N2O2S2. The number of nitrogens with one attached hydrogen (secondary N) is 1. The van der Waals surface area contributed by atoms with Gasteiger partial charge in [-0.3, -0.25) is 9.00 Å². The number of nitrogens with zero attached hydrogens (tertiary/aromatic N) is 1. The molecule has 0 saturated heterocycles. The molecule has 140 valence electrons. The van der Waals surface area contributed by atoms with Crippen LogP contribution >= 0.6 is 11.3 Å². The van der Waals surface area contributed by atoms with E-state index in [2.05, 4.69) is 10.3 Å². The summed E-state index contributed by atoms with van der Waals surface area (Å²) < 4.78 is 13.4. The maximum Gasteiger partial charge on any atom is 0.256 e. The van der Waals surface area contributed by atoms with Crippen LogP contribution in [0, 0.1) is 0 Å². The molecule has 0 unspecified atom stereocenters. The van der Waals surface area contributed by atoms with Crippen molar-refractivity contribution in [3.63, 3.8) is 0 Å². The number of hydrogen-bond donors (Lipinski definition) is 1. The molecule has 0 aliphatic heterocycles. The molecular weight excluding hydrogens is 388 g/mol. The van der Waals surface area contributed by atoms with Crippen LogP contribution in [0.5, 0.6) is 0 Å². The Morgan fingerprint density at radius 1 is 1.04 bits per heavy atom. The first-order valence-corrected chi connectivity index (χ1v) is 11.0. The lowest BCUT2D eigenvalue weighted by Crippen LogP contribution is -2.15. The molecule has 1 heterocycles. The molecule has 6 heteroatoms. The fraction of sp³-hybridized carbons (Fsp3) is 0.0909. The Labute approximate surface area is 169 Å². The summed E-state index contributed by atoms with van der Waals surface area (Å²) in [7, 11) is -1.19. The second-order valence-corrected chi connectivity index (χ2v) is 8.89. The zero-order chi connectivity index (χ0) is 19.5. The predicted molar refractivity (Wildman–Crippen MR) is 116 cm³/mol. The number of amides is 1. The van der Waals surface area contributed by atoms with Gasteiger partial charge in [-0.25, -0.2) is 4.98 Å². The third-order valence-corrected chi connectivity index (χ3v) is 6.76. The summed E-state index contributed by atoms with van der Waals surface area (Å²) in [6.45, 7) is 1.84. The SMILES string of the molecule is CC[S@](=O)c1ccccc1C(=O)Nc1cccc(-c2nc3ccccc3s2)c1. The zero-order valence-corrected chi connectivity index (χ0v) is 16.8. The van der Waals surface area contributed by atoms with Gasteiger partial charge in [0.05, 0.1) is 31.5 Å². The van der Waals surface area contributed by atoms with Gasteiger partial charge in [-0.05, 0) is 36.4 Å². The third kappa shape index (κ3) is 3.74. The largest absolute Gasteiger partial charge is 0.322 e. The Balaban J connectivity index is 1.62. The van der Waals surface area contributed by atoms with E-state index in [-0.39, 0.29) is 5.91 Å². The predicted octanol–water partition coefficient (Wildman–Crippen LogP) is 5.34. The monoisotopic (exact) mass is 406 g/mol. The minimum atomic E-state index is -1.19. The van der Waals surface area contributed by atoms with Gasteiger partial charge in [0.15, 0.2) is 0 Å². The number of fused-ring (bicyclic) bond motifs is 1. The van der Waals surface area contributed by atoms with Crippen molar-refractivity contribution >= 4 is 43.9 Å². The van der Waals surface area contributed by atoms with Gasteiger partial charge in [0, 0.05) is 17.0 Å². The third-order valence-electron chi connectivity index (χ3n) is 4.30. The second kappa shape index (κ2) is 8.04. The van der Waals surface area contributed by atoms with Crippen LogP contribution in [0.15, 0.2) is 77.7 Å². The van der Waals surface area contributed by atoms with Crippen LogP contribution in [0.4, 0.5) is 5.69 Å². The molecule has 3 aromatic carbocycles. The fourth-order valence-corrected chi connectivity index (χ4v) is 4.84. The number of hydrogen-bond acceptors (Lipinski definition) is 4. The van der Waals surface area contributed by atoms with Gasteiger partial charge in [-0.15, -0.1) is 11.3 Å². The Kier molecular flexibility index (Phi) is 5.32. The van der Waals surface area contributed by atoms with Crippen LogP contribution < -0.4 is 5.32 Å². The zero-order valence-electron chi connectivity index (χ0n) is 15.2. The topological polar surface area (TPSA) is 59.1 Å². The van der Waals surface area contributed by atoms with Crippen molar-refractivity contribution in [2.45, 2.75) is 11.8 Å². The van der Waals surface area contributed by atoms with Crippen molar-refractivity contribution < 1.29 is 9.00 Å². The summed E-state index contributed by atoms with van der Waals surface area (Å²) in [6, 6.07) is 22.7. The summed E-state index contributed by atoms with van der Waals surface area (Å²) in [5.41, 5.74) is 3.03. The van der Waals surface area contributed by atoms with E-state index >= 15 is 0 Å². The normalized spacial score (nSPS) is 12.0. The van der Waals surface area contributed by atoms with Crippen LogP contribution in [0.1, 0.15) is 17.3 Å². The van der Waals surface area contributed by atoms with Gasteiger partial charge >= 0.3 is 0 Å². The molecule has 1 atom stereocenters. The molecule has 0 aliphatic carbocycles. The number of thiazole rings is 1. The maximum absolute atomic E-state index is 12.8. The van der Waals surface area contributed by atoms with Crippen LogP contribution in [0.3, 0.4) is 0 Å². The highest BCUT2D eigenvalue weighted by molar-refractivity contribution is 7.85. The van der Waals surface area contributed by atoms with E-state index in [4.69, 9.17) is 0 Å². The fourth-order valence-electron chi connectivity index (χ4n) is 2.93. The highest BCUT2D eigenvalue weighted by Crippen LogP contribution is 2.31. The van der Waals surface area contributed by atoms with Gasteiger partial charge in [-0.2, -0.15) is 0 Å². The molecule has 1 aromatic heterocycles. The van der Waals surface area contributed by atoms with E-state index in [1.165, 1.54) is 0 Å². The molecule has 0 aliphatic rings. The average molecular weight is 407 g/mol. The molecule has 0 bridgehead atoms. The standard InChI is InChI=1S/C22H18N2O2S2/c1-2-28(26)20-13-6-3-10-17(20)21(25)23-16-9-7-8-15(14-16)22-24-18-11-4-5-12-19(18)27-22/h3-14H,2H2,1H3,(H,23,25)/t28-/m0/s1. The molecule has 4 aromatic rings. The number of rotatable bonds is 5. The quantitative estimate of drug-likeness (QED) is 0.486. The van der Waals surface area contributed by atoms with Crippen molar-refractivity contribution in [3.8, 4) is 10.6 Å². The lowest BCUT2D eigenvalue weighted by atomic mass is 10.1. The number of aromatic nitrogens is 1. The summed E-state index contributed by atoms with van der Waals surface area (Å²) in [4.78, 5) is 18.0. The summed E-state index contributed by atoms with van der Waals surface area (Å²) in [5, 5.41) is 3.83. The minimum absolute atomic E-state index is 0.265. The molecule has 0 radical (unpaired) electrons. The smallest absolute Gasteiger partial charge is 0.256 e. The Morgan fingerprint density at radius 3 is 2.64 bits per heavy atom. The van der Waals surface area contributed by atoms with Crippen molar-refractivity contribution in [2.24, 2.45) is 0 Å². The van der Waals surface area contributed by atoms with Gasteiger partial charge in [0.2, 0.25) is 0 Å². The second-order valence-electron chi connectivity index (χ2n) is 6.15. The van der Waals surface area contributed by atoms with E-state index < -0.39 is 10.8 Å². The lowest BCUT2D eigenvalue weighted by molar-refractivity contribution is 0.102. The number of para-hydroxylation sites is 1. The van der Waals surface area contributed by atoms with Crippen LogP contribution in [0.25, 0.3) is 20.8 Å². The highest BCUT2D eigenvalue weighted by Gasteiger charge is 2.15. The first kappa shape index (κ1) is 18.5. The Bertz CT molecular complexity index is 1150. The van der Waals surface area contributed by atoms with Gasteiger partial charge in [-0.1, -0.05) is 43.3 Å². The van der Waals surface area contributed by atoms with Crippen LogP contribution in [-0.2, 0) is 10.8 Å². The maximum atomic E-state index is 12.8. The first-order chi connectivity index (χ1) is 13.7. The summed E-state index contributed by atoms with van der Waals surface area (Å²) in [6.07, 6.45) is 0. The number of carbonyl (C=O) groups excluding carboxylic acids is 1. The molecule has 1 amide bonds.